The average Bonchev–Trinajstić information content (AvgIpc) is 3.16. The summed E-state index contributed by atoms with van der Waals surface area (Å²) in [7, 11) is 0. The molecule has 0 fully saturated rings. The molecule has 0 spiro atoms. The van der Waals surface area contributed by atoms with E-state index in [9.17, 15) is 0 Å². The molecule has 0 saturated carbocycles. The highest BCUT2D eigenvalue weighted by Crippen LogP contribution is 2.19. The molecule has 2 aromatic heterocycles. The lowest BCUT2D eigenvalue weighted by Crippen LogP contribution is -2.07. The Morgan fingerprint density at radius 3 is 2.75 bits per heavy atom. The van der Waals surface area contributed by atoms with Crippen LogP contribution in [0.4, 0.5) is 5.69 Å². The van der Waals surface area contributed by atoms with Crippen molar-refractivity contribution in [1.29, 1.82) is 0 Å². The molecule has 1 aromatic carbocycles. The van der Waals surface area contributed by atoms with Crippen molar-refractivity contribution in [3.63, 3.8) is 0 Å². The predicted molar refractivity (Wildman–Crippen MR) is 75.0 cm³/mol. The Morgan fingerprint density at radius 1 is 1.20 bits per heavy atom. The summed E-state index contributed by atoms with van der Waals surface area (Å²) < 4.78 is 7.13. The van der Waals surface area contributed by atoms with Gasteiger partial charge in [0.05, 0.1) is 12.2 Å². The Balaban J connectivity index is 1.67. The number of anilines is 1. The summed E-state index contributed by atoms with van der Waals surface area (Å²) in [5.74, 6) is 0.528. The molecule has 102 valence electrons. The van der Waals surface area contributed by atoms with Gasteiger partial charge in [-0.1, -0.05) is 0 Å². The second-order valence-corrected chi connectivity index (χ2v) is 4.31. The number of nitrogens with zero attached hydrogens (tertiary/aromatic N) is 4. The largest absolute Gasteiger partial charge is 0.423 e. The average molecular weight is 269 g/mol. The molecule has 3 rings (SSSR count). The van der Waals surface area contributed by atoms with Gasteiger partial charge >= 0.3 is 0 Å². The maximum atomic E-state index is 5.15. The zero-order chi connectivity index (χ0) is 13.8. The summed E-state index contributed by atoms with van der Waals surface area (Å²) in [6.07, 6.45) is 3.15. The van der Waals surface area contributed by atoms with Crippen LogP contribution in [0.3, 0.4) is 0 Å². The number of benzene rings is 1. The first kappa shape index (κ1) is 12.4. The Kier molecular flexibility index (Phi) is 3.45. The third-order valence-electron chi connectivity index (χ3n) is 3.07. The number of aromatic nitrogens is 4. The lowest BCUT2D eigenvalue weighted by atomic mass is 10.2. The van der Waals surface area contributed by atoms with Crippen LogP contribution in [-0.2, 0) is 13.1 Å². The summed E-state index contributed by atoms with van der Waals surface area (Å²) in [4.78, 5) is 0. The van der Waals surface area contributed by atoms with E-state index in [-0.39, 0.29) is 0 Å². The fourth-order valence-corrected chi connectivity index (χ4v) is 2.02. The van der Waals surface area contributed by atoms with Crippen molar-refractivity contribution < 1.29 is 4.42 Å². The monoisotopic (exact) mass is 269 g/mol. The Hall–Kier alpha value is -2.63. The van der Waals surface area contributed by atoms with E-state index in [2.05, 4.69) is 27.5 Å². The van der Waals surface area contributed by atoms with Crippen molar-refractivity contribution in [2.24, 2.45) is 0 Å². The molecule has 0 aliphatic rings. The zero-order valence-corrected chi connectivity index (χ0v) is 11.2. The quantitative estimate of drug-likeness (QED) is 0.771. The lowest BCUT2D eigenvalue weighted by Gasteiger charge is -2.08. The Labute approximate surface area is 116 Å². The first-order valence-electron chi connectivity index (χ1n) is 6.48. The molecule has 0 atom stereocenters. The van der Waals surface area contributed by atoms with E-state index in [1.54, 1.807) is 0 Å². The standard InChI is InChI=1S/C14H15N5O/c1-2-19-13(7-8-17-19)9-15-12-5-3-11(4-6-12)14-18-16-10-20-14/h3-8,10,15H,2,9H2,1H3. The van der Waals surface area contributed by atoms with E-state index >= 15 is 0 Å². The van der Waals surface area contributed by atoms with Gasteiger partial charge in [-0.25, -0.2) is 0 Å². The SMILES string of the molecule is CCn1nccc1CNc1ccc(-c2nnco2)cc1. The molecular weight excluding hydrogens is 254 g/mol. The normalized spacial score (nSPS) is 10.7. The number of hydrogen-bond donors (Lipinski definition) is 1. The van der Waals surface area contributed by atoms with Crippen LogP contribution in [0.25, 0.3) is 11.5 Å². The highest BCUT2D eigenvalue weighted by molar-refractivity contribution is 5.58. The molecule has 0 aliphatic heterocycles. The van der Waals surface area contributed by atoms with Crippen LogP contribution in [0, 0.1) is 0 Å². The molecule has 6 heteroatoms. The van der Waals surface area contributed by atoms with Gasteiger partial charge in [0.25, 0.3) is 0 Å². The van der Waals surface area contributed by atoms with Crippen molar-refractivity contribution in [2.45, 2.75) is 20.0 Å². The van der Waals surface area contributed by atoms with Crippen LogP contribution in [-0.4, -0.2) is 20.0 Å². The molecule has 0 aliphatic carbocycles. The summed E-state index contributed by atoms with van der Waals surface area (Å²) in [6, 6.07) is 9.90. The second-order valence-electron chi connectivity index (χ2n) is 4.31. The maximum Gasteiger partial charge on any atom is 0.247 e. The molecular formula is C14H15N5O. The summed E-state index contributed by atoms with van der Waals surface area (Å²) in [5, 5.41) is 15.2. The van der Waals surface area contributed by atoms with Gasteiger partial charge in [-0.15, -0.1) is 10.2 Å². The van der Waals surface area contributed by atoms with Gasteiger partial charge in [-0.05, 0) is 37.3 Å². The first-order chi connectivity index (χ1) is 9.86. The fourth-order valence-electron chi connectivity index (χ4n) is 2.02. The minimum absolute atomic E-state index is 0.528. The Morgan fingerprint density at radius 2 is 2.05 bits per heavy atom. The van der Waals surface area contributed by atoms with Gasteiger partial charge in [-0.3, -0.25) is 4.68 Å². The minimum Gasteiger partial charge on any atom is -0.423 e. The highest BCUT2D eigenvalue weighted by atomic mass is 16.4. The minimum atomic E-state index is 0.528. The van der Waals surface area contributed by atoms with Crippen LogP contribution in [0.15, 0.2) is 47.3 Å². The van der Waals surface area contributed by atoms with Gasteiger partial charge in [0, 0.05) is 24.0 Å². The summed E-state index contributed by atoms with van der Waals surface area (Å²) in [5.41, 5.74) is 3.11. The predicted octanol–water partition coefficient (Wildman–Crippen LogP) is 2.57. The van der Waals surface area contributed by atoms with Crippen molar-refractivity contribution in [3.8, 4) is 11.5 Å². The van der Waals surface area contributed by atoms with Crippen LogP contribution < -0.4 is 5.32 Å². The van der Waals surface area contributed by atoms with E-state index in [1.807, 2.05) is 41.2 Å². The van der Waals surface area contributed by atoms with Crippen LogP contribution in [0.2, 0.25) is 0 Å². The van der Waals surface area contributed by atoms with E-state index in [0.717, 1.165) is 30.0 Å². The van der Waals surface area contributed by atoms with Crippen molar-refractivity contribution in [3.05, 3.63) is 48.6 Å². The molecule has 1 N–H and O–H groups in total. The molecule has 0 radical (unpaired) electrons. The summed E-state index contributed by atoms with van der Waals surface area (Å²) >= 11 is 0. The van der Waals surface area contributed by atoms with Gasteiger partial charge in [0.1, 0.15) is 0 Å². The molecule has 2 heterocycles. The number of nitrogens with one attached hydrogen (secondary N) is 1. The topological polar surface area (TPSA) is 68.8 Å². The second kappa shape index (κ2) is 5.56. The van der Waals surface area contributed by atoms with Crippen molar-refractivity contribution in [2.75, 3.05) is 5.32 Å². The first-order valence-corrected chi connectivity index (χ1v) is 6.48. The summed E-state index contributed by atoms with van der Waals surface area (Å²) in [6.45, 7) is 3.70. The number of rotatable bonds is 5. The Bertz CT molecular complexity index is 657. The zero-order valence-electron chi connectivity index (χ0n) is 11.2. The highest BCUT2D eigenvalue weighted by Gasteiger charge is 2.04. The van der Waals surface area contributed by atoms with E-state index < -0.39 is 0 Å². The fraction of sp³-hybridized carbons (Fsp3) is 0.214. The molecule has 0 bridgehead atoms. The van der Waals surface area contributed by atoms with Crippen LogP contribution >= 0.6 is 0 Å². The van der Waals surface area contributed by atoms with E-state index in [4.69, 9.17) is 4.42 Å². The van der Waals surface area contributed by atoms with Gasteiger partial charge in [0.2, 0.25) is 12.3 Å². The molecule has 0 unspecified atom stereocenters. The third-order valence-corrected chi connectivity index (χ3v) is 3.07. The van der Waals surface area contributed by atoms with Crippen molar-refractivity contribution in [1.82, 2.24) is 20.0 Å². The van der Waals surface area contributed by atoms with E-state index in [1.165, 1.54) is 6.39 Å². The van der Waals surface area contributed by atoms with Gasteiger partial charge in [-0.2, -0.15) is 5.10 Å². The number of hydrogen-bond acceptors (Lipinski definition) is 5. The third kappa shape index (κ3) is 2.54. The molecule has 3 aromatic rings. The van der Waals surface area contributed by atoms with Gasteiger partial charge in [0.15, 0.2) is 0 Å². The maximum absolute atomic E-state index is 5.15. The van der Waals surface area contributed by atoms with E-state index in [0.29, 0.717) is 5.89 Å². The van der Waals surface area contributed by atoms with Crippen LogP contribution in [0.5, 0.6) is 0 Å². The van der Waals surface area contributed by atoms with Crippen LogP contribution in [0.1, 0.15) is 12.6 Å². The lowest BCUT2D eigenvalue weighted by molar-refractivity contribution is 0.568. The van der Waals surface area contributed by atoms with Gasteiger partial charge < -0.3 is 9.73 Å². The number of aryl methyl sites for hydroxylation is 1. The molecule has 0 amide bonds. The molecule has 20 heavy (non-hydrogen) atoms. The molecule has 0 saturated heterocycles. The molecule has 6 nitrogen and oxygen atoms in total. The van der Waals surface area contributed by atoms with Crippen molar-refractivity contribution >= 4 is 5.69 Å². The smallest absolute Gasteiger partial charge is 0.247 e.